The molecule has 3 N–H and O–H groups in total. The van der Waals surface area contributed by atoms with Crippen molar-refractivity contribution in [3.63, 3.8) is 0 Å². The SMILES string of the molecule is CC(NC(=O)C(N)Cc1ccccc1)c1ccccc1Cl. The van der Waals surface area contributed by atoms with Crippen LogP contribution in [0.1, 0.15) is 24.1 Å². The highest BCUT2D eigenvalue weighted by molar-refractivity contribution is 6.31. The molecule has 0 radical (unpaired) electrons. The second-order valence-electron chi connectivity index (χ2n) is 5.05. The fourth-order valence-corrected chi connectivity index (χ4v) is 2.48. The van der Waals surface area contributed by atoms with E-state index < -0.39 is 6.04 Å². The van der Waals surface area contributed by atoms with Gasteiger partial charge >= 0.3 is 0 Å². The minimum absolute atomic E-state index is 0.173. The number of halogens is 1. The number of hydrogen-bond acceptors (Lipinski definition) is 2. The fraction of sp³-hybridized carbons (Fsp3) is 0.235. The largest absolute Gasteiger partial charge is 0.348 e. The van der Waals surface area contributed by atoms with Gasteiger partial charge in [0, 0.05) is 5.02 Å². The van der Waals surface area contributed by atoms with Crippen LogP contribution in [-0.2, 0) is 11.2 Å². The molecule has 0 fully saturated rings. The van der Waals surface area contributed by atoms with E-state index >= 15 is 0 Å². The monoisotopic (exact) mass is 302 g/mol. The maximum atomic E-state index is 12.2. The summed E-state index contributed by atoms with van der Waals surface area (Å²) in [5.74, 6) is -0.175. The lowest BCUT2D eigenvalue weighted by Gasteiger charge is -2.19. The molecule has 2 unspecified atom stereocenters. The van der Waals surface area contributed by atoms with Crippen molar-refractivity contribution in [1.29, 1.82) is 0 Å². The summed E-state index contributed by atoms with van der Waals surface area (Å²) in [5.41, 5.74) is 7.90. The zero-order valence-corrected chi connectivity index (χ0v) is 12.7. The fourth-order valence-electron chi connectivity index (χ4n) is 2.19. The number of carbonyl (C=O) groups is 1. The summed E-state index contributed by atoms with van der Waals surface area (Å²) in [6.45, 7) is 1.90. The number of nitrogens with two attached hydrogens (primary N) is 1. The number of hydrogen-bond donors (Lipinski definition) is 2. The van der Waals surface area contributed by atoms with Gasteiger partial charge in [-0.15, -0.1) is 0 Å². The first-order valence-corrected chi connectivity index (χ1v) is 7.30. The standard InChI is InChI=1S/C17H19ClN2O/c1-12(14-9-5-6-10-15(14)18)20-17(21)16(19)11-13-7-3-2-4-8-13/h2-10,12,16H,11,19H2,1H3,(H,20,21). The van der Waals surface area contributed by atoms with Gasteiger partial charge in [0.25, 0.3) is 0 Å². The molecule has 2 atom stereocenters. The molecule has 0 aromatic heterocycles. The molecule has 3 nitrogen and oxygen atoms in total. The van der Waals surface area contributed by atoms with E-state index in [2.05, 4.69) is 5.32 Å². The van der Waals surface area contributed by atoms with Crippen LogP contribution in [0.25, 0.3) is 0 Å². The van der Waals surface area contributed by atoms with Gasteiger partial charge in [-0.1, -0.05) is 60.1 Å². The van der Waals surface area contributed by atoms with E-state index in [9.17, 15) is 4.79 Å². The van der Waals surface area contributed by atoms with Crippen molar-refractivity contribution in [2.45, 2.75) is 25.4 Å². The van der Waals surface area contributed by atoms with E-state index in [1.807, 2.05) is 61.5 Å². The van der Waals surface area contributed by atoms with Crippen molar-refractivity contribution < 1.29 is 4.79 Å². The Kier molecular flexibility index (Phi) is 5.37. The molecule has 2 rings (SSSR count). The molecule has 0 saturated carbocycles. The second kappa shape index (κ2) is 7.25. The highest BCUT2D eigenvalue weighted by atomic mass is 35.5. The molecule has 0 aliphatic carbocycles. The molecule has 0 aliphatic heterocycles. The number of nitrogens with one attached hydrogen (secondary N) is 1. The average Bonchev–Trinajstić information content (AvgIpc) is 2.48. The zero-order chi connectivity index (χ0) is 15.2. The van der Waals surface area contributed by atoms with Crippen LogP contribution < -0.4 is 11.1 Å². The molecule has 21 heavy (non-hydrogen) atoms. The van der Waals surface area contributed by atoms with E-state index in [0.717, 1.165) is 11.1 Å². The van der Waals surface area contributed by atoms with Crippen LogP contribution in [-0.4, -0.2) is 11.9 Å². The molecule has 0 spiro atoms. The van der Waals surface area contributed by atoms with Gasteiger partial charge in [0.1, 0.15) is 0 Å². The number of benzene rings is 2. The lowest BCUT2D eigenvalue weighted by Crippen LogP contribution is -2.43. The summed E-state index contributed by atoms with van der Waals surface area (Å²) in [5, 5.41) is 3.55. The smallest absolute Gasteiger partial charge is 0.237 e. The minimum atomic E-state index is -0.572. The van der Waals surface area contributed by atoms with Crippen LogP contribution in [0.15, 0.2) is 54.6 Å². The first-order valence-electron chi connectivity index (χ1n) is 6.92. The Hall–Kier alpha value is -1.84. The van der Waals surface area contributed by atoms with Gasteiger partial charge in [-0.25, -0.2) is 0 Å². The Morgan fingerprint density at radius 2 is 1.76 bits per heavy atom. The maximum Gasteiger partial charge on any atom is 0.237 e. The third-order valence-electron chi connectivity index (χ3n) is 3.37. The maximum absolute atomic E-state index is 12.2. The highest BCUT2D eigenvalue weighted by Gasteiger charge is 2.18. The van der Waals surface area contributed by atoms with E-state index in [1.165, 1.54) is 0 Å². The van der Waals surface area contributed by atoms with E-state index in [4.69, 9.17) is 17.3 Å². The van der Waals surface area contributed by atoms with Crippen LogP contribution in [0, 0.1) is 0 Å². The van der Waals surface area contributed by atoms with Crippen molar-refractivity contribution in [2.75, 3.05) is 0 Å². The summed E-state index contributed by atoms with van der Waals surface area (Å²) < 4.78 is 0. The Labute approximate surface area is 130 Å². The summed E-state index contributed by atoms with van der Waals surface area (Å²) in [7, 11) is 0. The van der Waals surface area contributed by atoms with Gasteiger partial charge in [0.05, 0.1) is 12.1 Å². The molecule has 4 heteroatoms. The summed E-state index contributed by atoms with van der Waals surface area (Å²) >= 11 is 6.13. The predicted molar refractivity (Wildman–Crippen MR) is 86.1 cm³/mol. The van der Waals surface area contributed by atoms with Crippen molar-refractivity contribution in [1.82, 2.24) is 5.32 Å². The Morgan fingerprint density at radius 3 is 2.43 bits per heavy atom. The number of amides is 1. The van der Waals surface area contributed by atoms with Crippen molar-refractivity contribution >= 4 is 17.5 Å². The highest BCUT2D eigenvalue weighted by Crippen LogP contribution is 2.22. The molecule has 2 aromatic carbocycles. The van der Waals surface area contributed by atoms with E-state index in [0.29, 0.717) is 11.4 Å². The number of carbonyl (C=O) groups excluding carboxylic acids is 1. The van der Waals surface area contributed by atoms with E-state index in [1.54, 1.807) is 0 Å². The lowest BCUT2D eigenvalue weighted by atomic mass is 10.0. The van der Waals surface area contributed by atoms with Gasteiger partial charge in [-0.3, -0.25) is 4.79 Å². The first kappa shape index (κ1) is 15.5. The molecular formula is C17H19ClN2O. The molecule has 1 amide bonds. The third kappa shape index (κ3) is 4.31. The van der Waals surface area contributed by atoms with Gasteiger partial charge in [-0.05, 0) is 30.5 Å². The Balaban J connectivity index is 1.96. The molecule has 110 valence electrons. The normalized spacial score (nSPS) is 13.5. The average molecular weight is 303 g/mol. The summed E-state index contributed by atoms with van der Waals surface area (Å²) in [6.07, 6.45) is 0.516. The number of rotatable bonds is 5. The van der Waals surface area contributed by atoms with Crippen molar-refractivity contribution in [3.8, 4) is 0 Å². The predicted octanol–water partition coefficient (Wildman–Crippen LogP) is 3.09. The summed E-state index contributed by atoms with van der Waals surface area (Å²) in [6, 6.07) is 16.5. The van der Waals surface area contributed by atoms with Crippen LogP contribution in [0.5, 0.6) is 0 Å². The molecule has 0 heterocycles. The lowest BCUT2D eigenvalue weighted by molar-refractivity contribution is -0.123. The second-order valence-corrected chi connectivity index (χ2v) is 5.46. The van der Waals surface area contributed by atoms with Crippen LogP contribution >= 0.6 is 11.6 Å². The zero-order valence-electron chi connectivity index (χ0n) is 11.9. The summed E-state index contributed by atoms with van der Waals surface area (Å²) in [4.78, 5) is 12.2. The van der Waals surface area contributed by atoms with E-state index in [-0.39, 0.29) is 11.9 Å². The van der Waals surface area contributed by atoms with Gasteiger partial charge < -0.3 is 11.1 Å². The first-order chi connectivity index (χ1) is 10.1. The molecule has 0 aliphatic rings. The van der Waals surface area contributed by atoms with Gasteiger partial charge in [0.2, 0.25) is 5.91 Å². The van der Waals surface area contributed by atoms with Crippen LogP contribution in [0.4, 0.5) is 0 Å². The minimum Gasteiger partial charge on any atom is -0.348 e. The van der Waals surface area contributed by atoms with Gasteiger partial charge in [0.15, 0.2) is 0 Å². The van der Waals surface area contributed by atoms with Crippen molar-refractivity contribution in [3.05, 3.63) is 70.7 Å². The molecular weight excluding hydrogens is 284 g/mol. The molecule has 0 saturated heterocycles. The van der Waals surface area contributed by atoms with Crippen molar-refractivity contribution in [2.24, 2.45) is 5.73 Å². The van der Waals surface area contributed by atoms with Gasteiger partial charge in [-0.2, -0.15) is 0 Å². The third-order valence-corrected chi connectivity index (χ3v) is 3.71. The Bertz CT molecular complexity index is 601. The quantitative estimate of drug-likeness (QED) is 0.892. The topological polar surface area (TPSA) is 55.1 Å². The Morgan fingerprint density at radius 1 is 1.14 bits per heavy atom. The molecule has 2 aromatic rings. The molecule has 0 bridgehead atoms. The van der Waals surface area contributed by atoms with Crippen LogP contribution in [0.3, 0.4) is 0 Å². The van der Waals surface area contributed by atoms with Crippen LogP contribution in [0.2, 0.25) is 5.02 Å².